The third-order valence-electron chi connectivity index (χ3n) is 2.97. The Morgan fingerprint density at radius 2 is 2.00 bits per heavy atom. The zero-order valence-corrected chi connectivity index (χ0v) is 11.7. The average molecular weight is 288 g/mol. The molecule has 0 radical (unpaired) electrons. The van der Waals surface area contributed by atoms with E-state index in [1.54, 1.807) is 49.6 Å². The normalized spacial score (nSPS) is 10.0. The second kappa shape index (κ2) is 7.28. The van der Waals surface area contributed by atoms with E-state index in [1.807, 2.05) is 0 Å². The van der Waals surface area contributed by atoms with Crippen molar-refractivity contribution in [3.05, 3.63) is 59.9 Å². The van der Waals surface area contributed by atoms with Gasteiger partial charge in [-0.3, -0.25) is 0 Å². The zero-order valence-electron chi connectivity index (χ0n) is 11.7. The molecule has 5 heteroatoms. The van der Waals surface area contributed by atoms with E-state index in [1.165, 1.54) is 6.07 Å². The maximum Gasteiger partial charge on any atom is 0.319 e. The minimum absolute atomic E-state index is 0.257. The van der Waals surface area contributed by atoms with Crippen LogP contribution >= 0.6 is 0 Å². The van der Waals surface area contributed by atoms with E-state index >= 15 is 0 Å². The van der Waals surface area contributed by atoms with Crippen LogP contribution in [-0.4, -0.2) is 19.7 Å². The number of rotatable bonds is 5. The summed E-state index contributed by atoms with van der Waals surface area (Å²) in [6, 6.07) is 13.3. The Morgan fingerprint density at radius 1 is 1.19 bits per heavy atom. The molecule has 110 valence electrons. The van der Waals surface area contributed by atoms with E-state index in [9.17, 15) is 9.18 Å². The largest absolute Gasteiger partial charge is 0.497 e. The van der Waals surface area contributed by atoms with Gasteiger partial charge in [-0.05, 0) is 30.2 Å². The first kappa shape index (κ1) is 14.8. The topological polar surface area (TPSA) is 50.4 Å². The van der Waals surface area contributed by atoms with Crippen molar-refractivity contribution in [2.24, 2.45) is 0 Å². The summed E-state index contributed by atoms with van der Waals surface area (Å²) in [5.41, 5.74) is 1.22. The SMILES string of the molecule is COc1cccc(NC(=O)NCCc2ccccc2F)c1. The first-order chi connectivity index (χ1) is 10.2. The number of amides is 2. The predicted octanol–water partition coefficient (Wildman–Crippen LogP) is 3.20. The monoisotopic (exact) mass is 288 g/mol. The van der Waals surface area contributed by atoms with Crippen LogP contribution in [0, 0.1) is 5.82 Å². The molecule has 0 heterocycles. The van der Waals surface area contributed by atoms with E-state index in [0.29, 0.717) is 30.0 Å². The highest BCUT2D eigenvalue weighted by atomic mass is 19.1. The fourth-order valence-electron chi connectivity index (χ4n) is 1.89. The second-order valence-electron chi connectivity index (χ2n) is 4.45. The number of carbonyl (C=O) groups is 1. The van der Waals surface area contributed by atoms with Crippen LogP contribution in [0.5, 0.6) is 5.75 Å². The van der Waals surface area contributed by atoms with Crippen molar-refractivity contribution in [1.82, 2.24) is 5.32 Å². The summed E-state index contributed by atoms with van der Waals surface area (Å²) >= 11 is 0. The van der Waals surface area contributed by atoms with Crippen molar-refractivity contribution >= 4 is 11.7 Å². The van der Waals surface area contributed by atoms with Gasteiger partial charge in [0.1, 0.15) is 11.6 Å². The summed E-state index contributed by atoms with van der Waals surface area (Å²) in [6.07, 6.45) is 0.443. The Hall–Kier alpha value is -2.56. The van der Waals surface area contributed by atoms with Crippen LogP contribution in [0.2, 0.25) is 0 Å². The van der Waals surface area contributed by atoms with Crippen molar-refractivity contribution in [3.63, 3.8) is 0 Å². The van der Waals surface area contributed by atoms with Crippen molar-refractivity contribution in [1.29, 1.82) is 0 Å². The quantitative estimate of drug-likeness (QED) is 0.887. The van der Waals surface area contributed by atoms with Gasteiger partial charge in [0.2, 0.25) is 0 Å². The van der Waals surface area contributed by atoms with Gasteiger partial charge in [-0.2, -0.15) is 0 Å². The van der Waals surface area contributed by atoms with Crippen LogP contribution in [0.3, 0.4) is 0 Å². The highest BCUT2D eigenvalue weighted by Crippen LogP contribution is 2.16. The van der Waals surface area contributed by atoms with Crippen molar-refractivity contribution in [3.8, 4) is 5.75 Å². The van der Waals surface area contributed by atoms with E-state index < -0.39 is 0 Å². The van der Waals surface area contributed by atoms with Gasteiger partial charge in [-0.15, -0.1) is 0 Å². The maximum absolute atomic E-state index is 13.4. The van der Waals surface area contributed by atoms with Crippen molar-refractivity contribution < 1.29 is 13.9 Å². The van der Waals surface area contributed by atoms with E-state index in [-0.39, 0.29) is 11.8 Å². The number of ether oxygens (including phenoxy) is 1. The van der Waals surface area contributed by atoms with Crippen LogP contribution in [0.4, 0.5) is 14.9 Å². The molecule has 4 nitrogen and oxygen atoms in total. The smallest absolute Gasteiger partial charge is 0.319 e. The number of hydrogen-bond acceptors (Lipinski definition) is 2. The van der Waals surface area contributed by atoms with Crippen molar-refractivity contribution in [2.75, 3.05) is 19.0 Å². The number of carbonyl (C=O) groups excluding carboxylic acids is 1. The van der Waals surface area contributed by atoms with Crippen molar-refractivity contribution in [2.45, 2.75) is 6.42 Å². The van der Waals surface area contributed by atoms with Gasteiger partial charge < -0.3 is 15.4 Å². The molecule has 0 saturated carbocycles. The molecule has 2 N–H and O–H groups in total. The van der Waals surface area contributed by atoms with Gasteiger partial charge in [0, 0.05) is 18.3 Å². The third-order valence-corrected chi connectivity index (χ3v) is 2.97. The summed E-state index contributed by atoms with van der Waals surface area (Å²) in [6.45, 7) is 0.358. The fourth-order valence-corrected chi connectivity index (χ4v) is 1.89. The number of benzene rings is 2. The summed E-state index contributed by atoms with van der Waals surface area (Å²) in [7, 11) is 1.56. The molecule has 0 unspecified atom stereocenters. The molecule has 0 fully saturated rings. The van der Waals surface area contributed by atoms with Crippen LogP contribution in [-0.2, 0) is 6.42 Å². The van der Waals surface area contributed by atoms with Gasteiger partial charge in [-0.1, -0.05) is 24.3 Å². The molecule has 0 aromatic heterocycles. The van der Waals surface area contributed by atoms with Crippen LogP contribution in [0.1, 0.15) is 5.56 Å². The molecule has 0 aliphatic heterocycles. The minimum atomic E-state index is -0.334. The van der Waals surface area contributed by atoms with Crippen LogP contribution in [0.25, 0.3) is 0 Å². The Morgan fingerprint density at radius 3 is 2.76 bits per heavy atom. The number of urea groups is 1. The van der Waals surface area contributed by atoms with Crippen LogP contribution in [0.15, 0.2) is 48.5 Å². The molecule has 2 aromatic carbocycles. The molecular formula is C16H17FN2O2. The average Bonchev–Trinajstić information content (AvgIpc) is 2.49. The summed E-state index contributed by atoms with van der Waals surface area (Å²) in [5, 5.41) is 5.38. The zero-order chi connectivity index (χ0) is 15.1. The number of nitrogens with one attached hydrogen (secondary N) is 2. The third kappa shape index (κ3) is 4.49. The Balaban J connectivity index is 1.81. The number of methoxy groups -OCH3 is 1. The lowest BCUT2D eigenvalue weighted by Gasteiger charge is -2.09. The number of anilines is 1. The molecule has 0 aliphatic rings. The first-order valence-corrected chi connectivity index (χ1v) is 6.61. The molecule has 2 aromatic rings. The second-order valence-corrected chi connectivity index (χ2v) is 4.45. The lowest BCUT2D eigenvalue weighted by molar-refractivity contribution is 0.252. The van der Waals surface area contributed by atoms with Gasteiger partial charge in [0.25, 0.3) is 0 Å². The summed E-state index contributed by atoms with van der Waals surface area (Å²) in [4.78, 5) is 11.7. The lowest BCUT2D eigenvalue weighted by Crippen LogP contribution is -2.30. The molecule has 2 amide bonds. The Bertz CT molecular complexity index is 617. The standard InChI is InChI=1S/C16H17FN2O2/c1-21-14-7-4-6-13(11-14)19-16(20)18-10-9-12-5-2-3-8-15(12)17/h2-8,11H,9-10H2,1H3,(H2,18,19,20). The molecule has 0 saturated heterocycles. The van der Waals surface area contributed by atoms with Gasteiger partial charge in [0.15, 0.2) is 0 Å². The maximum atomic E-state index is 13.4. The predicted molar refractivity (Wildman–Crippen MR) is 80.1 cm³/mol. The van der Waals surface area contributed by atoms with Gasteiger partial charge in [-0.25, -0.2) is 9.18 Å². The summed E-state index contributed by atoms with van der Waals surface area (Å²) < 4.78 is 18.5. The molecule has 0 bridgehead atoms. The molecule has 0 aliphatic carbocycles. The fraction of sp³-hybridized carbons (Fsp3) is 0.188. The lowest BCUT2D eigenvalue weighted by atomic mass is 10.1. The van der Waals surface area contributed by atoms with E-state index in [0.717, 1.165) is 0 Å². The highest BCUT2D eigenvalue weighted by Gasteiger charge is 2.04. The molecule has 0 atom stereocenters. The molecule has 2 rings (SSSR count). The van der Waals surface area contributed by atoms with E-state index in [4.69, 9.17) is 4.74 Å². The van der Waals surface area contributed by atoms with E-state index in [2.05, 4.69) is 10.6 Å². The van der Waals surface area contributed by atoms with Crippen LogP contribution < -0.4 is 15.4 Å². The van der Waals surface area contributed by atoms with Gasteiger partial charge >= 0.3 is 6.03 Å². The number of halogens is 1. The molecule has 21 heavy (non-hydrogen) atoms. The van der Waals surface area contributed by atoms with Gasteiger partial charge in [0.05, 0.1) is 7.11 Å². The Kier molecular flexibility index (Phi) is 5.15. The molecular weight excluding hydrogens is 271 g/mol. The Labute approximate surface area is 122 Å². The summed E-state index contributed by atoms with van der Waals surface area (Å²) in [5.74, 6) is 0.409. The highest BCUT2D eigenvalue weighted by molar-refractivity contribution is 5.89. The number of hydrogen-bond donors (Lipinski definition) is 2. The first-order valence-electron chi connectivity index (χ1n) is 6.61. The molecule has 0 spiro atoms. The minimum Gasteiger partial charge on any atom is -0.497 e.